The van der Waals surface area contributed by atoms with Crippen LogP contribution in [0.5, 0.6) is 0 Å². The predicted molar refractivity (Wildman–Crippen MR) is 273 cm³/mol. The molecule has 66 heavy (non-hydrogen) atoms. The monoisotopic (exact) mass is 841 g/mol. The van der Waals surface area contributed by atoms with E-state index >= 15 is 0 Å². The molecule has 0 N–H and O–H groups in total. The fourth-order valence-electron chi connectivity index (χ4n) is 12.4. The molecule has 0 amide bonds. The Hall–Kier alpha value is -8.00. The third-order valence-electron chi connectivity index (χ3n) is 15.2. The second kappa shape index (κ2) is 14.5. The van der Waals surface area contributed by atoms with Crippen LogP contribution >= 0.6 is 0 Å². The van der Waals surface area contributed by atoms with Crippen molar-refractivity contribution < 1.29 is 0 Å². The summed E-state index contributed by atoms with van der Waals surface area (Å²) in [5, 5.41) is 0. The highest BCUT2D eigenvalue weighted by atomic mass is 15.1. The topological polar surface area (TPSA) is 3.24 Å². The lowest BCUT2D eigenvalue weighted by Crippen LogP contribution is -2.28. The first-order chi connectivity index (χ1) is 32.5. The smallest absolute Gasteiger partial charge is 0.0713 e. The van der Waals surface area contributed by atoms with Crippen molar-refractivity contribution >= 4 is 17.1 Å². The Bertz CT molecular complexity index is 3230. The number of hydrogen-bond donors (Lipinski definition) is 0. The van der Waals surface area contributed by atoms with Crippen LogP contribution in [0.25, 0.3) is 33.4 Å². The predicted octanol–water partition coefficient (Wildman–Crippen LogP) is 16.2. The van der Waals surface area contributed by atoms with Crippen molar-refractivity contribution in [2.45, 2.75) is 30.1 Å². The quantitative estimate of drug-likeness (QED) is 0.155. The van der Waals surface area contributed by atoms with Gasteiger partial charge in [-0.2, -0.15) is 0 Å². The first-order valence-corrected chi connectivity index (χ1v) is 23.3. The van der Waals surface area contributed by atoms with Gasteiger partial charge in [-0.25, -0.2) is 0 Å². The van der Waals surface area contributed by atoms with Gasteiger partial charge in [-0.15, -0.1) is 0 Å². The van der Waals surface area contributed by atoms with E-state index in [1.54, 1.807) is 0 Å². The van der Waals surface area contributed by atoms with Gasteiger partial charge in [0.1, 0.15) is 0 Å². The molecule has 0 spiro atoms. The number of benzene rings is 10. The summed E-state index contributed by atoms with van der Waals surface area (Å²) in [6.07, 6.45) is 0. The van der Waals surface area contributed by atoms with E-state index in [0.29, 0.717) is 0 Å². The highest BCUT2D eigenvalue weighted by Gasteiger charge is 2.48. The lowest BCUT2D eigenvalue weighted by molar-refractivity contribution is 0.660. The minimum absolute atomic E-state index is 0.0970. The van der Waals surface area contributed by atoms with E-state index in [4.69, 9.17) is 0 Å². The van der Waals surface area contributed by atoms with E-state index in [1.807, 2.05) is 0 Å². The Morgan fingerprint density at radius 3 is 0.879 bits per heavy atom. The molecule has 0 bridgehead atoms. The minimum Gasteiger partial charge on any atom is -0.310 e. The van der Waals surface area contributed by atoms with E-state index in [2.05, 4.69) is 267 Å². The van der Waals surface area contributed by atoms with Crippen LogP contribution in [0.2, 0.25) is 0 Å². The summed E-state index contributed by atoms with van der Waals surface area (Å²) in [6.45, 7) is 4.73. The lowest BCUT2D eigenvalue weighted by Gasteiger charge is -2.34. The molecular weight excluding hydrogens is 795 g/mol. The van der Waals surface area contributed by atoms with E-state index in [-0.39, 0.29) is 5.41 Å². The van der Waals surface area contributed by atoms with Crippen molar-refractivity contribution in [3.8, 4) is 33.4 Å². The van der Waals surface area contributed by atoms with Crippen LogP contribution in [-0.2, 0) is 16.2 Å². The largest absolute Gasteiger partial charge is 0.310 e. The van der Waals surface area contributed by atoms with Crippen molar-refractivity contribution in [1.82, 2.24) is 0 Å². The summed E-state index contributed by atoms with van der Waals surface area (Å²) in [6, 6.07) is 93.2. The average molecular weight is 842 g/mol. The fourth-order valence-corrected chi connectivity index (χ4v) is 12.4. The number of hydrogen-bond acceptors (Lipinski definition) is 1. The Morgan fingerprint density at radius 1 is 0.242 bits per heavy atom. The Morgan fingerprint density at radius 2 is 0.500 bits per heavy atom. The van der Waals surface area contributed by atoms with Gasteiger partial charge < -0.3 is 4.90 Å². The van der Waals surface area contributed by atoms with E-state index in [1.165, 1.54) is 89.0 Å². The summed E-state index contributed by atoms with van der Waals surface area (Å²) in [5.74, 6) is 0. The average Bonchev–Trinajstić information content (AvgIpc) is 3.94. The van der Waals surface area contributed by atoms with Crippen LogP contribution in [-0.4, -0.2) is 0 Å². The zero-order valence-electron chi connectivity index (χ0n) is 37.1. The second-order valence-electron chi connectivity index (χ2n) is 18.8. The molecule has 0 saturated carbocycles. The fraction of sp³-hybridized carbons (Fsp3) is 0.0769. The molecule has 10 aromatic rings. The van der Waals surface area contributed by atoms with Crippen LogP contribution < -0.4 is 4.90 Å². The highest BCUT2D eigenvalue weighted by molar-refractivity contribution is 5.94. The first kappa shape index (κ1) is 38.5. The van der Waals surface area contributed by atoms with Gasteiger partial charge in [-0.05, 0) is 125 Å². The molecule has 0 heterocycles. The van der Waals surface area contributed by atoms with Crippen molar-refractivity contribution in [2.24, 2.45) is 0 Å². The maximum Gasteiger partial charge on any atom is 0.0713 e. The first-order valence-electron chi connectivity index (χ1n) is 23.3. The molecule has 312 valence electrons. The van der Waals surface area contributed by atoms with Gasteiger partial charge in [0.25, 0.3) is 0 Å². The highest BCUT2D eigenvalue weighted by Crippen LogP contribution is 2.60. The third-order valence-corrected chi connectivity index (χ3v) is 15.2. The van der Waals surface area contributed by atoms with Crippen molar-refractivity contribution in [3.63, 3.8) is 0 Å². The van der Waals surface area contributed by atoms with Gasteiger partial charge in [-0.3, -0.25) is 0 Å². The van der Waals surface area contributed by atoms with E-state index in [9.17, 15) is 0 Å². The number of nitrogens with zero attached hydrogens (tertiary/aromatic N) is 1. The summed E-state index contributed by atoms with van der Waals surface area (Å²) in [7, 11) is 0. The van der Waals surface area contributed by atoms with Crippen molar-refractivity contribution in [2.75, 3.05) is 4.90 Å². The van der Waals surface area contributed by atoms with E-state index < -0.39 is 10.8 Å². The molecule has 1 heteroatoms. The molecule has 0 atom stereocenters. The number of anilines is 3. The summed E-state index contributed by atoms with van der Waals surface area (Å²) in [5.41, 5.74) is 23.0. The number of fused-ring (bicyclic) bond motifs is 9. The third kappa shape index (κ3) is 5.23. The van der Waals surface area contributed by atoms with Gasteiger partial charge >= 0.3 is 0 Å². The van der Waals surface area contributed by atoms with E-state index in [0.717, 1.165) is 17.1 Å². The van der Waals surface area contributed by atoms with Crippen LogP contribution in [0.4, 0.5) is 17.1 Å². The molecule has 13 rings (SSSR count). The zero-order chi connectivity index (χ0) is 44.0. The molecule has 10 aromatic carbocycles. The summed E-state index contributed by atoms with van der Waals surface area (Å²) in [4.78, 5) is 2.51. The molecule has 0 unspecified atom stereocenters. The van der Waals surface area contributed by atoms with Crippen LogP contribution in [0.3, 0.4) is 0 Å². The summed E-state index contributed by atoms with van der Waals surface area (Å²) < 4.78 is 0. The normalized spacial score (nSPS) is 14.9. The molecule has 3 aliphatic carbocycles. The van der Waals surface area contributed by atoms with Crippen molar-refractivity contribution in [3.05, 3.63) is 304 Å². The molecule has 1 nitrogen and oxygen atoms in total. The summed E-state index contributed by atoms with van der Waals surface area (Å²) >= 11 is 0. The van der Waals surface area contributed by atoms with Crippen molar-refractivity contribution in [1.29, 1.82) is 0 Å². The Labute approximate surface area is 388 Å². The minimum atomic E-state index is -0.476. The molecular formula is C65H47N. The molecule has 0 aliphatic heterocycles. The van der Waals surface area contributed by atoms with Gasteiger partial charge in [-0.1, -0.05) is 226 Å². The van der Waals surface area contributed by atoms with Crippen LogP contribution in [0.15, 0.2) is 249 Å². The molecule has 3 aliphatic rings. The Balaban J connectivity index is 1.07. The molecule has 0 radical (unpaired) electrons. The second-order valence-corrected chi connectivity index (χ2v) is 18.8. The zero-order valence-corrected chi connectivity index (χ0v) is 37.1. The van der Waals surface area contributed by atoms with Gasteiger partial charge in [0.2, 0.25) is 0 Å². The molecule has 0 aromatic heterocycles. The lowest BCUT2D eigenvalue weighted by atomic mass is 9.67. The number of rotatable bonds is 7. The van der Waals surface area contributed by atoms with Gasteiger partial charge in [0, 0.05) is 22.5 Å². The van der Waals surface area contributed by atoms with Gasteiger partial charge in [0.05, 0.1) is 10.8 Å². The van der Waals surface area contributed by atoms with Gasteiger partial charge in [0.15, 0.2) is 0 Å². The van der Waals surface area contributed by atoms with Crippen LogP contribution in [0, 0.1) is 0 Å². The molecule has 0 saturated heterocycles. The standard InChI is InChI=1S/C65H47N/c1-63(2)57-32-18-15-29-51(57)54-41-48(35-38-58(54)63)66(49-36-39-61-55(42-49)52-30-16-19-33-59(52)64(61,44-21-7-3-8-22-44)45-23-9-4-10-24-45)50-37-40-62-56(43-50)53-31-17-20-34-60(53)65(62,46-25-11-5-12-26-46)47-27-13-6-14-28-47/h3-43H,1-2H3. The Kier molecular flexibility index (Phi) is 8.45. The van der Waals surface area contributed by atoms with Crippen LogP contribution in [0.1, 0.15) is 69.5 Å². The SMILES string of the molecule is CC1(C)c2ccccc2-c2cc(N(c3ccc4c(c3)-c3ccccc3C4(c3ccccc3)c3ccccc3)c3ccc4c(c3)-c3ccccc3C4(c3ccccc3)c3ccccc3)ccc21. The maximum absolute atomic E-state index is 2.51. The molecule has 0 fully saturated rings. The maximum atomic E-state index is 2.51.